The molecule has 0 saturated heterocycles. The van der Waals surface area contributed by atoms with Gasteiger partial charge in [0.25, 0.3) is 5.69 Å². The number of nitro groups is 1. The van der Waals surface area contributed by atoms with Gasteiger partial charge in [-0.1, -0.05) is 6.07 Å². The highest BCUT2D eigenvalue weighted by atomic mass is 19.1. The molecule has 0 aromatic heterocycles. The SMILES string of the molecule is Cc1cc(C(=O)OCc2ccc(C#N)cc2F)ccc1[N+](=O)[O-]. The van der Waals surface area contributed by atoms with Gasteiger partial charge >= 0.3 is 5.97 Å². The van der Waals surface area contributed by atoms with Crippen LogP contribution in [0.15, 0.2) is 36.4 Å². The van der Waals surface area contributed by atoms with E-state index in [4.69, 9.17) is 10.00 Å². The molecule has 116 valence electrons. The summed E-state index contributed by atoms with van der Waals surface area (Å²) in [6.07, 6.45) is 0. The third-order valence-corrected chi connectivity index (χ3v) is 3.17. The first-order valence-electron chi connectivity index (χ1n) is 6.53. The van der Waals surface area contributed by atoms with E-state index in [1.807, 2.05) is 0 Å². The summed E-state index contributed by atoms with van der Waals surface area (Å²) < 4.78 is 18.7. The van der Waals surface area contributed by atoms with Crippen LogP contribution in [0.25, 0.3) is 0 Å². The van der Waals surface area contributed by atoms with Crippen LogP contribution in [0, 0.1) is 34.2 Å². The van der Waals surface area contributed by atoms with Gasteiger partial charge in [0.1, 0.15) is 12.4 Å². The van der Waals surface area contributed by atoms with Crippen LogP contribution < -0.4 is 0 Å². The lowest BCUT2D eigenvalue weighted by Gasteiger charge is -2.07. The van der Waals surface area contributed by atoms with Crippen LogP contribution in [0.2, 0.25) is 0 Å². The first kappa shape index (κ1) is 16.1. The second-order valence-electron chi connectivity index (χ2n) is 4.75. The van der Waals surface area contributed by atoms with Crippen molar-refractivity contribution in [2.24, 2.45) is 0 Å². The Morgan fingerprint density at radius 1 is 1.35 bits per heavy atom. The summed E-state index contributed by atoms with van der Waals surface area (Å²) in [5, 5.41) is 19.4. The summed E-state index contributed by atoms with van der Waals surface area (Å²) in [5.74, 6) is -1.36. The summed E-state index contributed by atoms with van der Waals surface area (Å²) in [6.45, 7) is 1.21. The van der Waals surface area contributed by atoms with Gasteiger partial charge in [0.05, 0.1) is 22.1 Å². The fourth-order valence-electron chi connectivity index (χ4n) is 1.95. The normalized spacial score (nSPS) is 9.96. The number of nitro benzene ring substituents is 1. The Bertz CT molecular complexity index is 827. The summed E-state index contributed by atoms with van der Waals surface area (Å²) >= 11 is 0. The molecule has 0 unspecified atom stereocenters. The molecule has 0 N–H and O–H groups in total. The monoisotopic (exact) mass is 314 g/mol. The van der Waals surface area contributed by atoms with Gasteiger partial charge in [-0.3, -0.25) is 10.1 Å². The number of esters is 1. The van der Waals surface area contributed by atoms with E-state index in [9.17, 15) is 19.3 Å². The Hall–Kier alpha value is -3.27. The van der Waals surface area contributed by atoms with Crippen molar-refractivity contribution in [2.45, 2.75) is 13.5 Å². The molecule has 6 nitrogen and oxygen atoms in total. The van der Waals surface area contributed by atoms with Crippen LogP contribution in [-0.4, -0.2) is 10.9 Å². The molecule has 2 aromatic rings. The molecule has 2 rings (SSSR count). The van der Waals surface area contributed by atoms with Gasteiger partial charge in [-0.25, -0.2) is 9.18 Å². The molecule has 0 heterocycles. The van der Waals surface area contributed by atoms with Crippen molar-refractivity contribution in [1.82, 2.24) is 0 Å². The van der Waals surface area contributed by atoms with Gasteiger partial charge in [0, 0.05) is 17.2 Å². The molecule has 0 spiro atoms. The number of aryl methyl sites for hydroxylation is 1. The van der Waals surface area contributed by atoms with E-state index in [1.54, 1.807) is 6.07 Å². The Kier molecular flexibility index (Phi) is 4.66. The smallest absolute Gasteiger partial charge is 0.338 e. The predicted octanol–water partition coefficient (Wildman–Crippen LogP) is 3.27. The van der Waals surface area contributed by atoms with Crippen molar-refractivity contribution in [3.05, 3.63) is 74.6 Å². The molecule has 0 bridgehead atoms. The van der Waals surface area contributed by atoms with E-state index < -0.39 is 16.7 Å². The summed E-state index contributed by atoms with van der Waals surface area (Å²) in [7, 11) is 0. The topological polar surface area (TPSA) is 93.2 Å². The Morgan fingerprint density at radius 2 is 2.09 bits per heavy atom. The predicted molar refractivity (Wildman–Crippen MR) is 78.1 cm³/mol. The highest BCUT2D eigenvalue weighted by molar-refractivity contribution is 5.90. The maximum atomic E-state index is 13.7. The minimum Gasteiger partial charge on any atom is -0.457 e. The number of ether oxygens (including phenoxy) is 1. The number of carbonyl (C=O) groups is 1. The van der Waals surface area contributed by atoms with Gasteiger partial charge < -0.3 is 4.74 Å². The highest BCUT2D eigenvalue weighted by Gasteiger charge is 2.15. The maximum absolute atomic E-state index is 13.7. The van der Waals surface area contributed by atoms with Gasteiger partial charge in [-0.15, -0.1) is 0 Å². The highest BCUT2D eigenvalue weighted by Crippen LogP contribution is 2.20. The van der Waals surface area contributed by atoms with E-state index in [0.29, 0.717) is 5.56 Å². The van der Waals surface area contributed by atoms with Gasteiger partial charge in [0.15, 0.2) is 0 Å². The first-order chi connectivity index (χ1) is 10.9. The lowest BCUT2D eigenvalue weighted by molar-refractivity contribution is -0.385. The second kappa shape index (κ2) is 6.66. The standard InChI is InChI=1S/C16H11FN2O4/c1-10-6-12(4-5-15(10)19(21)22)16(20)23-9-13-3-2-11(8-18)7-14(13)17/h2-7H,9H2,1H3. The molecule has 0 saturated carbocycles. The quantitative estimate of drug-likeness (QED) is 0.490. The van der Waals surface area contributed by atoms with Crippen LogP contribution in [-0.2, 0) is 11.3 Å². The third-order valence-electron chi connectivity index (χ3n) is 3.17. The number of nitriles is 1. The lowest BCUT2D eigenvalue weighted by atomic mass is 10.1. The third kappa shape index (κ3) is 3.68. The maximum Gasteiger partial charge on any atom is 0.338 e. The van der Waals surface area contributed by atoms with Crippen molar-refractivity contribution in [3.63, 3.8) is 0 Å². The number of benzene rings is 2. The van der Waals surface area contributed by atoms with E-state index in [2.05, 4.69) is 0 Å². The average molecular weight is 314 g/mol. The summed E-state index contributed by atoms with van der Waals surface area (Å²) in [5.41, 5.74) is 0.676. The summed E-state index contributed by atoms with van der Waals surface area (Å²) in [4.78, 5) is 22.1. The van der Waals surface area contributed by atoms with Crippen LogP contribution in [0.1, 0.15) is 27.0 Å². The largest absolute Gasteiger partial charge is 0.457 e. The fraction of sp³-hybridized carbons (Fsp3) is 0.125. The molecular formula is C16H11FN2O4. The molecule has 0 aliphatic heterocycles. The number of carbonyl (C=O) groups excluding carboxylic acids is 1. The number of nitrogens with zero attached hydrogens (tertiary/aromatic N) is 2. The fourth-order valence-corrected chi connectivity index (χ4v) is 1.95. The molecule has 0 fully saturated rings. The lowest BCUT2D eigenvalue weighted by Crippen LogP contribution is -2.07. The van der Waals surface area contributed by atoms with Gasteiger partial charge in [-0.2, -0.15) is 5.26 Å². The molecule has 0 radical (unpaired) electrons. The molecular weight excluding hydrogens is 303 g/mol. The van der Waals surface area contributed by atoms with Gasteiger partial charge in [-0.05, 0) is 31.2 Å². The Labute approximate surface area is 130 Å². The van der Waals surface area contributed by atoms with Crippen LogP contribution in [0.5, 0.6) is 0 Å². The van der Waals surface area contributed by atoms with E-state index >= 15 is 0 Å². The first-order valence-corrected chi connectivity index (χ1v) is 6.53. The van der Waals surface area contributed by atoms with Crippen molar-refractivity contribution < 1.29 is 18.8 Å². The zero-order valence-corrected chi connectivity index (χ0v) is 12.1. The van der Waals surface area contributed by atoms with Crippen LogP contribution in [0.4, 0.5) is 10.1 Å². The molecule has 0 atom stereocenters. The minimum atomic E-state index is -0.716. The van der Waals surface area contributed by atoms with Crippen molar-refractivity contribution in [3.8, 4) is 6.07 Å². The van der Waals surface area contributed by atoms with E-state index in [0.717, 1.165) is 6.07 Å². The molecule has 0 aliphatic carbocycles. The zero-order chi connectivity index (χ0) is 17.0. The number of rotatable bonds is 4. The van der Waals surface area contributed by atoms with Crippen molar-refractivity contribution >= 4 is 11.7 Å². The summed E-state index contributed by atoms with van der Waals surface area (Å²) in [6, 6.07) is 9.48. The Balaban J connectivity index is 2.10. The van der Waals surface area contributed by atoms with Crippen molar-refractivity contribution in [2.75, 3.05) is 0 Å². The minimum absolute atomic E-state index is 0.0975. The second-order valence-corrected chi connectivity index (χ2v) is 4.75. The zero-order valence-electron chi connectivity index (χ0n) is 12.1. The number of halogens is 1. The van der Waals surface area contributed by atoms with Crippen LogP contribution >= 0.6 is 0 Å². The van der Waals surface area contributed by atoms with E-state index in [-0.39, 0.29) is 29.0 Å². The Morgan fingerprint density at radius 3 is 2.65 bits per heavy atom. The number of hydrogen-bond acceptors (Lipinski definition) is 5. The van der Waals surface area contributed by atoms with E-state index in [1.165, 1.54) is 37.3 Å². The van der Waals surface area contributed by atoms with Gasteiger partial charge in [0.2, 0.25) is 0 Å². The molecule has 2 aromatic carbocycles. The number of hydrogen-bond donors (Lipinski definition) is 0. The molecule has 23 heavy (non-hydrogen) atoms. The van der Waals surface area contributed by atoms with Crippen LogP contribution in [0.3, 0.4) is 0 Å². The molecule has 7 heteroatoms. The molecule has 0 aliphatic rings. The average Bonchev–Trinajstić information content (AvgIpc) is 2.52. The molecule has 0 amide bonds. The van der Waals surface area contributed by atoms with Crippen molar-refractivity contribution in [1.29, 1.82) is 5.26 Å².